The Bertz CT molecular complexity index is 459. The molecule has 1 aliphatic heterocycles. The molecule has 3 atom stereocenters. The van der Waals surface area contributed by atoms with Gasteiger partial charge < -0.3 is 9.90 Å². The van der Waals surface area contributed by atoms with Gasteiger partial charge in [-0.2, -0.15) is 0 Å². The Morgan fingerprint density at radius 2 is 2.14 bits per heavy atom. The van der Waals surface area contributed by atoms with Crippen molar-refractivity contribution in [2.75, 3.05) is 6.61 Å². The minimum Gasteiger partial charge on any atom is -0.394 e. The summed E-state index contributed by atoms with van der Waals surface area (Å²) in [5, 5.41) is 8.86. The lowest BCUT2D eigenvalue weighted by molar-refractivity contribution is -0.114. The molecule has 21 heavy (non-hydrogen) atoms. The predicted molar refractivity (Wildman–Crippen MR) is 87.0 cm³/mol. The van der Waals surface area contributed by atoms with Gasteiger partial charge in [-0.15, -0.1) is 11.8 Å². The highest BCUT2D eigenvalue weighted by Gasteiger charge is 2.47. The molecule has 0 radical (unpaired) electrons. The number of aliphatic hydroxyl groups is 1. The van der Waals surface area contributed by atoms with Crippen molar-refractivity contribution in [3.63, 3.8) is 0 Å². The number of aliphatic hydroxyl groups excluding tert-OH is 1. The maximum atomic E-state index is 14.3. The molecule has 0 aromatic carbocycles. The van der Waals surface area contributed by atoms with Gasteiger partial charge in [-0.1, -0.05) is 24.3 Å². The van der Waals surface area contributed by atoms with E-state index in [0.29, 0.717) is 5.03 Å². The first kappa shape index (κ1) is 18.4. The van der Waals surface area contributed by atoms with Crippen molar-refractivity contribution in [2.45, 2.75) is 43.0 Å². The summed E-state index contributed by atoms with van der Waals surface area (Å²) in [5.74, 6) is -0.420. The summed E-state index contributed by atoms with van der Waals surface area (Å²) in [5.41, 5.74) is -0.346. The van der Waals surface area contributed by atoms with E-state index >= 15 is 0 Å². The molecule has 1 fully saturated rings. The van der Waals surface area contributed by atoms with E-state index in [0.717, 1.165) is 6.29 Å². The number of halogens is 2. The molecular weight excluding hydrogens is 313 g/mol. The van der Waals surface area contributed by atoms with Crippen LogP contribution in [0.3, 0.4) is 0 Å². The Morgan fingerprint density at radius 3 is 2.57 bits per heavy atom. The molecule has 0 amide bonds. The predicted octanol–water partition coefficient (Wildman–Crippen LogP) is 3.25. The SMILES string of the molecule is C=C(Cl)/C=C\C=C(/F)C1S[C@H](CO)N(C(C)(C)C)C1C=O. The van der Waals surface area contributed by atoms with Crippen LogP contribution in [-0.2, 0) is 4.79 Å². The number of rotatable bonds is 5. The zero-order valence-electron chi connectivity index (χ0n) is 12.4. The molecule has 0 spiro atoms. The van der Waals surface area contributed by atoms with E-state index in [9.17, 15) is 14.3 Å². The molecule has 1 heterocycles. The third kappa shape index (κ3) is 4.68. The molecule has 6 heteroatoms. The maximum Gasteiger partial charge on any atom is 0.138 e. The van der Waals surface area contributed by atoms with Crippen LogP contribution in [-0.4, -0.2) is 45.1 Å². The fourth-order valence-electron chi connectivity index (χ4n) is 2.37. The third-order valence-corrected chi connectivity index (χ3v) is 4.73. The number of nitrogens with zero attached hydrogens (tertiary/aromatic N) is 1. The molecule has 1 aliphatic rings. The minimum atomic E-state index is -0.632. The van der Waals surface area contributed by atoms with Gasteiger partial charge in [-0.25, -0.2) is 4.39 Å². The molecule has 0 saturated carbocycles. The van der Waals surface area contributed by atoms with Gasteiger partial charge in [-0.3, -0.25) is 4.90 Å². The van der Waals surface area contributed by atoms with Gasteiger partial charge in [0.15, 0.2) is 0 Å². The first-order chi connectivity index (χ1) is 9.72. The molecule has 3 nitrogen and oxygen atoms in total. The molecule has 2 unspecified atom stereocenters. The second kappa shape index (κ2) is 7.58. The van der Waals surface area contributed by atoms with Gasteiger partial charge in [0.2, 0.25) is 0 Å². The van der Waals surface area contributed by atoms with Crippen LogP contribution in [0, 0.1) is 0 Å². The van der Waals surface area contributed by atoms with E-state index in [-0.39, 0.29) is 17.5 Å². The van der Waals surface area contributed by atoms with Crippen molar-refractivity contribution in [1.29, 1.82) is 0 Å². The van der Waals surface area contributed by atoms with Gasteiger partial charge in [0.25, 0.3) is 0 Å². The van der Waals surface area contributed by atoms with Crippen LogP contribution in [0.1, 0.15) is 20.8 Å². The van der Waals surface area contributed by atoms with Gasteiger partial charge in [0.05, 0.1) is 23.3 Å². The zero-order valence-corrected chi connectivity index (χ0v) is 14.0. The molecule has 1 N–H and O–H groups in total. The Hall–Kier alpha value is -0.620. The van der Waals surface area contributed by atoms with Crippen molar-refractivity contribution >= 4 is 29.6 Å². The van der Waals surface area contributed by atoms with Crippen molar-refractivity contribution in [2.24, 2.45) is 0 Å². The van der Waals surface area contributed by atoms with Crippen LogP contribution >= 0.6 is 23.4 Å². The molecule has 0 bridgehead atoms. The number of hydrogen-bond donors (Lipinski definition) is 1. The second-order valence-electron chi connectivity index (χ2n) is 5.76. The zero-order chi connectivity index (χ0) is 16.2. The number of thioether (sulfide) groups is 1. The first-order valence-corrected chi connectivity index (χ1v) is 7.92. The van der Waals surface area contributed by atoms with Crippen molar-refractivity contribution in [1.82, 2.24) is 4.90 Å². The number of allylic oxidation sites excluding steroid dienone is 4. The average molecular weight is 334 g/mol. The third-order valence-electron chi connectivity index (χ3n) is 3.12. The maximum absolute atomic E-state index is 14.3. The van der Waals surface area contributed by atoms with Gasteiger partial charge in [0.1, 0.15) is 12.1 Å². The molecule has 0 aromatic heterocycles. The summed E-state index contributed by atoms with van der Waals surface area (Å²) in [6.45, 7) is 9.16. The highest BCUT2D eigenvalue weighted by Crippen LogP contribution is 2.42. The van der Waals surface area contributed by atoms with E-state index < -0.39 is 17.1 Å². The molecule has 1 saturated heterocycles. The smallest absolute Gasteiger partial charge is 0.138 e. The largest absolute Gasteiger partial charge is 0.394 e. The van der Waals surface area contributed by atoms with Gasteiger partial charge in [-0.05, 0) is 32.9 Å². The summed E-state index contributed by atoms with van der Waals surface area (Å²) in [7, 11) is 0. The molecule has 118 valence electrons. The Balaban J connectivity index is 3.03. The van der Waals surface area contributed by atoms with Crippen LogP contribution in [0.15, 0.2) is 35.7 Å². The topological polar surface area (TPSA) is 40.5 Å². The van der Waals surface area contributed by atoms with Gasteiger partial charge >= 0.3 is 0 Å². The quantitative estimate of drug-likeness (QED) is 0.619. The lowest BCUT2D eigenvalue weighted by Gasteiger charge is -2.38. The highest BCUT2D eigenvalue weighted by atomic mass is 35.5. The number of carbonyl (C=O) groups is 1. The van der Waals surface area contributed by atoms with Crippen molar-refractivity contribution in [3.05, 3.63) is 35.7 Å². The summed E-state index contributed by atoms with van der Waals surface area (Å²) in [6, 6.07) is -0.615. The number of carbonyl (C=O) groups excluding carboxylic acids is 1. The second-order valence-corrected chi connectivity index (χ2v) is 7.57. The molecular formula is C15H21ClFNO2S. The molecule has 0 aromatic rings. The molecule has 1 rings (SSSR count). The Morgan fingerprint density at radius 1 is 1.52 bits per heavy atom. The van der Waals surface area contributed by atoms with Crippen molar-refractivity contribution in [3.8, 4) is 0 Å². The average Bonchev–Trinajstić information content (AvgIpc) is 2.76. The van der Waals surface area contributed by atoms with E-state index in [4.69, 9.17) is 11.6 Å². The van der Waals surface area contributed by atoms with Crippen LogP contribution in [0.5, 0.6) is 0 Å². The minimum absolute atomic E-state index is 0.135. The lowest BCUT2D eigenvalue weighted by atomic mass is 10.0. The first-order valence-electron chi connectivity index (χ1n) is 6.60. The van der Waals surface area contributed by atoms with E-state index in [1.165, 1.54) is 30.0 Å². The normalized spacial score (nSPS) is 28.3. The van der Waals surface area contributed by atoms with E-state index in [1.54, 1.807) is 0 Å². The lowest BCUT2D eigenvalue weighted by Crippen LogP contribution is -2.52. The summed E-state index contributed by atoms with van der Waals surface area (Å²) in [4.78, 5) is 13.3. The molecule has 0 aliphatic carbocycles. The summed E-state index contributed by atoms with van der Waals surface area (Å²) < 4.78 is 14.3. The van der Waals surface area contributed by atoms with Crippen LogP contribution in [0.2, 0.25) is 0 Å². The van der Waals surface area contributed by atoms with E-state index in [1.807, 2.05) is 25.7 Å². The van der Waals surface area contributed by atoms with Crippen LogP contribution in [0.4, 0.5) is 4.39 Å². The fourth-order valence-corrected chi connectivity index (χ4v) is 4.02. The Labute approximate surface area is 134 Å². The van der Waals surface area contributed by atoms with Crippen LogP contribution < -0.4 is 0 Å². The Kier molecular flexibility index (Phi) is 6.66. The van der Waals surface area contributed by atoms with Crippen molar-refractivity contribution < 1.29 is 14.3 Å². The summed E-state index contributed by atoms with van der Waals surface area (Å²) >= 11 is 6.83. The standard InChI is InChI=1S/C15H21ClFNO2S/c1-10(16)6-5-7-11(17)14-12(8-19)18(15(2,3)4)13(9-20)21-14/h5-8,12-14,20H,1,9H2,2-4H3/b6-5-,11-7-/t12?,13-,14?/m1/s1. The summed E-state index contributed by atoms with van der Waals surface area (Å²) in [6.07, 6.45) is 4.96. The monoisotopic (exact) mass is 333 g/mol. The van der Waals surface area contributed by atoms with Crippen LogP contribution in [0.25, 0.3) is 0 Å². The number of hydrogen-bond acceptors (Lipinski definition) is 4. The number of aldehydes is 1. The van der Waals surface area contributed by atoms with E-state index in [2.05, 4.69) is 6.58 Å². The highest BCUT2D eigenvalue weighted by molar-refractivity contribution is 8.01. The fraction of sp³-hybridized carbons (Fsp3) is 0.533. The van der Waals surface area contributed by atoms with Gasteiger partial charge in [0, 0.05) is 10.6 Å².